The Morgan fingerprint density at radius 3 is 2.26 bits per heavy atom. The molecular weight excluding hydrogens is 386 g/mol. The Bertz CT molecular complexity index is 768. The number of aromatic nitrogens is 1. The van der Waals surface area contributed by atoms with E-state index in [2.05, 4.69) is 44.0 Å². The smallest absolute Gasteiger partial charge is 0.410 e. The molecule has 2 bridgehead atoms. The molecule has 2 heterocycles. The van der Waals surface area contributed by atoms with Crippen molar-refractivity contribution in [3.63, 3.8) is 0 Å². The molecule has 4 aliphatic rings. The summed E-state index contributed by atoms with van der Waals surface area (Å²) in [5.41, 5.74) is 2.58. The minimum Gasteiger partial charge on any atom is -0.444 e. The van der Waals surface area contributed by atoms with Gasteiger partial charge in [-0.15, -0.1) is 0 Å². The summed E-state index contributed by atoms with van der Waals surface area (Å²) < 4.78 is 5.73. The Morgan fingerprint density at radius 1 is 1.13 bits per heavy atom. The fourth-order valence-corrected chi connectivity index (χ4v) is 5.98. The van der Waals surface area contributed by atoms with Gasteiger partial charge in [0.1, 0.15) is 5.60 Å². The normalized spacial score (nSPS) is 31.5. The second-order valence-electron chi connectivity index (χ2n) is 11.1. The molecule has 5 nitrogen and oxygen atoms in total. The number of carbonyl (C=O) groups is 1. The van der Waals surface area contributed by atoms with Gasteiger partial charge in [0.25, 0.3) is 0 Å². The van der Waals surface area contributed by atoms with Crippen LogP contribution in [0.2, 0.25) is 0 Å². The Kier molecular flexibility index (Phi) is 6.10. The van der Waals surface area contributed by atoms with Gasteiger partial charge >= 0.3 is 6.09 Å². The van der Waals surface area contributed by atoms with Crippen molar-refractivity contribution < 1.29 is 9.53 Å². The van der Waals surface area contributed by atoms with Gasteiger partial charge in [-0.05, 0) is 76.8 Å². The molecule has 1 aromatic heterocycles. The molecule has 5 rings (SSSR count). The van der Waals surface area contributed by atoms with Crippen LogP contribution >= 0.6 is 0 Å². The van der Waals surface area contributed by atoms with Gasteiger partial charge in [-0.3, -0.25) is 9.88 Å². The highest BCUT2D eigenvalue weighted by Gasteiger charge is 2.58. The lowest BCUT2D eigenvalue weighted by molar-refractivity contribution is -0.0315. The van der Waals surface area contributed by atoms with Crippen LogP contribution in [-0.2, 0) is 10.2 Å². The number of carbonyl (C=O) groups excluding carboxylic acids is 1. The zero-order valence-electron chi connectivity index (χ0n) is 20.4. The third-order valence-corrected chi connectivity index (χ3v) is 7.85. The molecule has 0 spiro atoms. The van der Waals surface area contributed by atoms with E-state index in [9.17, 15) is 4.79 Å². The van der Waals surface area contributed by atoms with Gasteiger partial charge in [0.2, 0.25) is 0 Å². The van der Waals surface area contributed by atoms with E-state index in [1.807, 2.05) is 25.7 Å². The van der Waals surface area contributed by atoms with Crippen LogP contribution in [0.1, 0.15) is 97.4 Å². The maximum Gasteiger partial charge on any atom is 0.410 e. The van der Waals surface area contributed by atoms with Crippen LogP contribution in [-0.4, -0.2) is 51.7 Å². The minimum atomic E-state index is -0.464. The van der Waals surface area contributed by atoms with Crippen LogP contribution in [0.25, 0.3) is 0 Å². The van der Waals surface area contributed by atoms with Gasteiger partial charge in [0.05, 0.1) is 0 Å². The van der Waals surface area contributed by atoms with Crippen molar-refractivity contribution in [2.75, 3.05) is 13.1 Å². The molecule has 0 radical (unpaired) electrons. The highest BCUT2D eigenvalue weighted by Crippen LogP contribution is 2.64. The summed E-state index contributed by atoms with van der Waals surface area (Å²) in [7, 11) is 0. The number of nitrogens with zero attached hydrogens (tertiary/aromatic N) is 3. The molecule has 1 amide bonds. The predicted molar refractivity (Wildman–Crippen MR) is 124 cm³/mol. The second kappa shape index (κ2) is 8.38. The Hall–Kier alpha value is -1.62. The molecule has 0 aromatic carbocycles. The van der Waals surface area contributed by atoms with Gasteiger partial charge in [-0.25, -0.2) is 4.79 Å². The third-order valence-electron chi connectivity index (χ3n) is 7.85. The summed E-state index contributed by atoms with van der Waals surface area (Å²) in [6.45, 7) is 14.1. The van der Waals surface area contributed by atoms with Gasteiger partial charge in [0.15, 0.2) is 0 Å². The maximum atomic E-state index is 12.9. The lowest BCUT2D eigenvalue weighted by atomic mass is 9.43. The third kappa shape index (κ3) is 4.22. The number of pyridine rings is 1. The summed E-state index contributed by atoms with van der Waals surface area (Å²) in [6.07, 6.45) is 9.00. The zero-order chi connectivity index (χ0) is 22.4. The zero-order valence-corrected chi connectivity index (χ0v) is 20.4. The van der Waals surface area contributed by atoms with Gasteiger partial charge in [0, 0.05) is 48.5 Å². The molecule has 4 fully saturated rings. The number of rotatable bonds is 6. The number of piperazine rings is 1. The molecule has 3 saturated carbocycles. The average molecular weight is 428 g/mol. The molecule has 1 aromatic rings. The first-order valence-corrected chi connectivity index (χ1v) is 12.4. The Labute approximate surface area is 188 Å². The maximum absolute atomic E-state index is 12.9. The highest BCUT2D eigenvalue weighted by atomic mass is 16.6. The molecule has 0 N–H and O–H groups in total. The molecule has 3 aliphatic carbocycles. The SMILES string of the molecule is CCC(c1ccc(C23CC(C2)C3)nc1)N1C[C@H](CC)N(C(=O)OC(C)(C)C)C[C@H]1CC. The van der Waals surface area contributed by atoms with E-state index in [1.165, 1.54) is 30.5 Å². The molecule has 5 heteroatoms. The Balaban J connectivity index is 1.50. The molecule has 1 aliphatic heterocycles. The number of hydrogen-bond donors (Lipinski definition) is 0. The van der Waals surface area contributed by atoms with E-state index in [1.54, 1.807) is 0 Å². The second-order valence-corrected chi connectivity index (χ2v) is 11.1. The summed E-state index contributed by atoms with van der Waals surface area (Å²) in [6, 6.07) is 5.47. The standard InChI is InChI=1S/C26H41N3O2/c1-7-20-17-29(24(30)31-25(4,5)6)21(8-2)16-28(20)22(9-3)19-10-11-23(27-15-19)26-12-18(13-26)14-26/h10-11,15,18,20-22H,7-9,12-14,16-17H2,1-6H3/t18?,20-,21+,22?,26?/m1/s1. The summed E-state index contributed by atoms with van der Waals surface area (Å²) in [5.74, 6) is 0.974. The monoisotopic (exact) mass is 427 g/mol. The Morgan fingerprint density at radius 2 is 1.81 bits per heavy atom. The summed E-state index contributed by atoms with van der Waals surface area (Å²) >= 11 is 0. The fraction of sp³-hybridized carbons (Fsp3) is 0.769. The van der Waals surface area contributed by atoms with Crippen molar-refractivity contribution in [1.82, 2.24) is 14.8 Å². The first-order valence-electron chi connectivity index (χ1n) is 12.4. The van der Waals surface area contributed by atoms with Gasteiger partial charge in [-0.2, -0.15) is 0 Å². The average Bonchev–Trinajstić information content (AvgIpc) is 2.65. The fourth-order valence-electron chi connectivity index (χ4n) is 5.98. The van der Waals surface area contributed by atoms with E-state index in [0.29, 0.717) is 17.5 Å². The van der Waals surface area contributed by atoms with E-state index >= 15 is 0 Å². The van der Waals surface area contributed by atoms with E-state index in [0.717, 1.165) is 38.3 Å². The van der Waals surface area contributed by atoms with Crippen molar-refractivity contribution in [2.45, 2.75) is 109 Å². The first kappa shape index (κ1) is 22.6. The van der Waals surface area contributed by atoms with Gasteiger partial charge in [-0.1, -0.05) is 26.8 Å². The number of amides is 1. The molecule has 3 atom stereocenters. The quantitative estimate of drug-likeness (QED) is 0.585. The predicted octanol–water partition coefficient (Wildman–Crippen LogP) is 5.69. The highest BCUT2D eigenvalue weighted by molar-refractivity contribution is 5.69. The molecular formula is C26H41N3O2. The lowest BCUT2D eigenvalue weighted by Crippen LogP contribution is -2.60. The van der Waals surface area contributed by atoms with E-state index in [-0.39, 0.29) is 12.1 Å². The van der Waals surface area contributed by atoms with Crippen LogP contribution < -0.4 is 0 Å². The van der Waals surface area contributed by atoms with Crippen molar-refractivity contribution >= 4 is 6.09 Å². The van der Waals surface area contributed by atoms with Crippen LogP contribution in [0.3, 0.4) is 0 Å². The molecule has 31 heavy (non-hydrogen) atoms. The van der Waals surface area contributed by atoms with Crippen LogP contribution in [0, 0.1) is 5.92 Å². The first-order chi connectivity index (χ1) is 14.7. The lowest BCUT2D eigenvalue weighted by Gasteiger charge is -2.61. The largest absolute Gasteiger partial charge is 0.444 e. The molecule has 1 unspecified atom stereocenters. The van der Waals surface area contributed by atoms with Crippen molar-refractivity contribution in [1.29, 1.82) is 0 Å². The minimum absolute atomic E-state index is 0.171. The van der Waals surface area contributed by atoms with Crippen molar-refractivity contribution in [2.24, 2.45) is 5.92 Å². The number of hydrogen-bond acceptors (Lipinski definition) is 4. The van der Waals surface area contributed by atoms with E-state index in [4.69, 9.17) is 9.72 Å². The van der Waals surface area contributed by atoms with Crippen LogP contribution in [0.4, 0.5) is 4.79 Å². The van der Waals surface area contributed by atoms with Crippen LogP contribution in [0.15, 0.2) is 18.3 Å². The van der Waals surface area contributed by atoms with E-state index < -0.39 is 5.60 Å². The van der Waals surface area contributed by atoms with Crippen molar-refractivity contribution in [3.05, 3.63) is 29.6 Å². The summed E-state index contributed by atoms with van der Waals surface area (Å²) in [5, 5.41) is 0. The number of ether oxygens (including phenoxy) is 1. The molecule has 172 valence electrons. The topological polar surface area (TPSA) is 45.7 Å². The van der Waals surface area contributed by atoms with Crippen LogP contribution in [0.5, 0.6) is 0 Å². The molecule has 1 saturated heterocycles. The summed E-state index contributed by atoms with van der Waals surface area (Å²) in [4.78, 5) is 22.5. The van der Waals surface area contributed by atoms with Gasteiger partial charge < -0.3 is 9.64 Å². The van der Waals surface area contributed by atoms with Crippen molar-refractivity contribution in [3.8, 4) is 0 Å².